The lowest BCUT2D eigenvalue weighted by molar-refractivity contribution is 0.0603. The van der Waals surface area contributed by atoms with Crippen molar-refractivity contribution in [2.75, 3.05) is 18.0 Å². The highest BCUT2D eigenvalue weighted by Gasteiger charge is 2.46. The molecule has 0 bridgehead atoms. The topological polar surface area (TPSA) is 123 Å². The van der Waals surface area contributed by atoms with E-state index in [1.54, 1.807) is 32.3 Å². The van der Waals surface area contributed by atoms with E-state index >= 15 is 0 Å². The van der Waals surface area contributed by atoms with Crippen LogP contribution in [0.1, 0.15) is 44.0 Å². The van der Waals surface area contributed by atoms with E-state index in [1.807, 2.05) is 18.3 Å². The molecule has 0 radical (unpaired) electrons. The molecule has 1 spiro atoms. The number of nitrogens with two attached hydrogens (primary N) is 1. The fourth-order valence-corrected chi connectivity index (χ4v) is 6.88. The lowest BCUT2D eigenvalue weighted by Crippen LogP contribution is -2.44. The van der Waals surface area contributed by atoms with E-state index in [2.05, 4.69) is 30.9 Å². The number of aliphatic hydroxyl groups is 1. The highest BCUT2D eigenvalue weighted by atomic mass is 35.5. The smallest absolute Gasteiger partial charge is 0.262 e. The Bertz CT molecular complexity index is 1590. The SMILES string of the molecule is CC(C)(O)Cn1cnc2ccc(Sc3cnc(N4CCC5(CC4)Cc4ncccc4[C@@H]5N)cn3)c(Cl)c2c1=O. The summed E-state index contributed by atoms with van der Waals surface area (Å²) in [7, 11) is 0. The highest BCUT2D eigenvalue weighted by Crippen LogP contribution is 2.50. The average molecular weight is 564 g/mol. The minimum absolute atomic E-state index is 0.0226. The molecule has 1 fully saturated rings. The van der Waals surface area contributed by atoms with E-state index in [4.69, 9.17) is 17.3 Å². The Morgan fingerprint density at radius 3 is 2.64 bits per heavy atom. The van der Waals surface area contributed by atoms with Crippen LogP contribution in [-0.2, 0) is 13.0 Å². The van der Waals surface area contributed by atoms with Crippen LogP contribution in [0.15, 0.2) is 63.9 Å². The Morgan fingerprint density at radius 2 is 1.95 bits per heavy atom. The molecule has 0 amide bonds. The number of aromatic nitrogens is 5. The predicted molar refractivity (Wildman–Crippen MR) is 152 cm³/mol. The molecule has 4 aromatic rings. The second-order valence-corrected chi connectivity index (χ2v) is 12.6. The van der Waals surface area contributed by atoms with Gasteiger partial charge < -0.3 is 15.7 Å². The molecule has 2 aliphatic rings. The number of piperidine rings is 1. The Labute approximate surface area is 235 Å². The highest BCUT2D eigenvalue weighted by molar-refractivity contribution is 7.99. The first-order chi connectivity index (χ1) is 18.6. The van der Waals surface area contributed by atoms with Crippen LogP contribution >= 0.6 is 23.4 Å². The van der Waals surface area contributed by atoms with Crippen LogP contribution in [0, 0.1) is 5.41 Å². The van der Waals surface area contributed by atoms with Gasteiger partial charge in [-0.05, 0) is 62.3 Å². The van der Waals surface area contributed by atoms with Crippen molar-refractivity contribution >= 4 is 40.1 Å². The lowest BCUT2D eigenvalue weighted by Gasteiger charge is -2.42. The van der Waals surface area contributed by atoms with Crippen LogP contribution in [-0.4, -0.2) is 48.3 Å². The first-order valence-corrected chi connectivity index (χ1v) is 14.2. The van der Waals surface area contributed by atoms with Crippen molar-refractivity contribution in [3.05, 3.63) is 75.8 Å². The van der Waals surface area contributed by atoms with Gasteiger partial charge in [-0.2, -0.15) is 0 Å². The van der Waals surface area contributed by atoms with Crippen molar-refractivity contribution in [2.24, 2.45) is 11.1 Å². The average Bonchev–Trinajstić information content (AvgIpc) is 3.18. The van der Waals surface area contributed by atoms with Gasteiger partial charge in [0.15, 0.2) is 0 Å². The van der Waals surface area contributed by atoms with Gasteiger partial charge in [-0.1, -0.05) is 29.4 Å². The summed E-state index contributed by atoms with van der Waals surface area (Å²) in [5, 5.41) is 11.5. The lowest BCUT2D eigenvalue weighted by atomic mass is 9.73. The molecule has 1 atom stereocenters. The molecule has 39 heavy (non-hydrogen) atoms. The van der Waals surface area contributed by atoms with E-state index in [0.717, 1.165) is 43.9 Å². The molecule has 1 aliphatic carbocycles. The van der Waals surface area contributed by atoms with Crippen LogP contribution in [0.3, 0.4) is 0 Å². The number of hydrogen-bond donors (Lipinski definition) is 2. The number of benzene rings is 1. The zero-order valence-electron chi connectivity index (χ0n) is 21.8. The van der Waals surface area contributed by atoms with Crippen molar-refractivity contribution in [3.8, 4) is 0 Å². The van der Waals surface area contributed by atoms with Gasteiger partial charge in [0.1, 0.15) is 10.8 Å². The summed E-state index contributed by atoms with van der Waals surface area (Å²) in [6.07, 6.45) is 9.71. The zero-order chi connectivity index (χ0) is 27.4. The Balaban J connectivity index is 1.16. The molecule has 9 nitrogen and oxygen atoms in total. The van der Waals surface area contributed by atoms with Crippen molar-refractivity contribution in [1.29, 1.82) is 0 Å². The van der Waals surface area contributed by atoms with Crippen LogP contribution in [0.5, 0.6) is 0 Å². The maximum Gasteiger partial charge on any atom is 0.262 e. The van der Waals surface area contributed by atoms with E-state index in [-0.39, 0.29) is 23.6 Å². The maximum absolute atomic E-state index is 13.1. The van der Waals surface area contributed by atoms with Crippen LogP contribution in [0.4, 0.5) is 5.82 Å². The predicted octanol–water partition coefficient (Wildman–Crippen LogP) is 4.00. The van der Waals surface area contributed by atoms with Gasteiger partial charge >= 0.3 is 0 Å². The van der Waals surface area contributed by atoms with Gasteiger partial charge in [0, 0.05) is 35.9 Å². The Morgan fingerprint density at radius 1 is 1.15 bits per heavy atom. The van der Waals surface area contributed by atoms with Gasteiger partial charge in [-0.25, -0.2) is 15.0 Å². The third kappa shape index (κ3) is 4.91. The van der Waals surface area contributed by atoms with E-state index in [9.17, 15) is 9.90 Å². The fraction of sp³-hybridized carbons (Fsp3) is 0.393. The number of hydrogen-bond acceptors (Lipinski definition) is 9. The summed E-state index contributed by atoms with van der Waals surface area (Å²) in [6, 6.07) is 7.71. The standard InChI is InChI=1S/C28H30ClN7O2S/c1-27(2,38)15-36-16-34-18-5-6-20(24(29)23(18)26(36)37)39-22-14-32-21(13-33-22)35-10-7-28(8-11-35)12-19-17(25(28)30)4-3-9-31-19/h3-6,9,13-14,16,25,38H,7-8,10-12,15,30H2,1-2H3/t25-/m0/s1. The molecule has 6 rings (SSSR count). The second-order valence-electron chi connectivity index (χ2n) is 11.1. The molecule has 1 saturated heterocycles. The monoisotopic (exact) mass is 563 g/mol. The van der Waals surface area contributed by atoms with E-state index < -0.39 is 5.60 Å². The third-order valence-corrected chi connectivity index (χ3v) is 9.29. The summed E-state index contributed by atoms with van der Waals surface area (Å²) >= 11 is 8.04. The van der Waals surface area contributed by atoms with Gasteiger partial charge in [0.25, 0.3) is 5.56 Å². The molecule has 0 saturated carbocycles. The number of nitrogens with zero attached hydrogens (tertiary/aromatic N) is 6. The minimum Gasteiger partial charge on any atom is -0.389 e. The number of pyridine rings is 1. The van der Waals surface area contributed by atoms with E-state index in [0.29, 0.717) is 25.8 Å². The molecule has 3 N–H and O–H groups in total. The summed E-state index contributed by atoms with van der Waals surface area (Å²) in [6.45, 7) is 5.12. The van der Waals surface area contributed by atoms with Crippen LogP contribution < -0.4 is 16.2 Å². The normalized spacial score (nSPS) is 18.6. The third-order valence-electron chi connectivity index (χ3n) is 7.80. The molecule has 1 aromatic carbocycles. The van der Waals surface area contributed by atoms with Crippen molar-refractivity contribution in [2.45, 2.75) is 61.2 Å². The number of rotatable bonds is 5. The maximum atomic E-state index is 13.1. The fourth-order valence-electron chi connectivity index (χ4n) is 5.76. The largest absolute Gasteiger partial charge is 0.389 e. The Hall–Kier alpha value is -3.05. The van der Waals surface area contributed by atoms with E-state index in [1.165, 1.54) is 28.2 Å². The number of fused-ring (bicyclic) bond motifs is 2. The molecular formula is C28H30ClN7O2S. The van der Waals surface area contributed by atoms with Gasteiger partial charge in [-0.3, -0.25) is 14.3 Å². The van der Waals surface area contributed by atoms with Gasteiger partial charge in [0.2, 0.25) is 0 Å². The first kappa shape index (κ1) is 26.2. The molecule has 0 unspecified atom stereocenters. The van der Waals surface area contributed by atoms with Crippen molar-refractivity contribution in [3.63, 3.8) is 0 Å². The van der Waals surface area contributed by atoms with Crippen molar-refractivity contribution in [1.82, 2.24) is 24.5 Å². The molecule has 1 aliphatic heterocycles. The summed E-state index contributed by atoms with van der Waals surface area (Å²) in [5.41, 5.74) is 8.23. The minimum atomic E-state index is -1.06. The molecular weight excluding hydrogens is 534 g/mol. The summed E-state index contributed by atoms with van der Waals surface area (Å²) < 4.78 is 1.38. The second kappa shape index (κ2) is 9.85. The zero-order valence-corrected chi connectivity index (χ0v) is 23.4. The summed E-state index contributed by atoms with van der Waals surface area (Å²) in [4.78, 5) is 34.3. The summed E-state index contributed by atoms with van der Waals surface area (Å²) in [5.74, 6) is 0.833. The molecule has 11 heteroatoms. The van der Waals surface area contributed by atoms with Crippen LogP contribution in [0.2, 0.25) is 5.02 Å². The van der Waals surface area contributed by atoms with Crippen LogP contribution in [0.25, 0.3) is 10.9 Å². The molecule has 3 aromatic heterocycles. The number of anilines is 1. The molecule has 202 valence electrons. The Kier molecular flexibility index (Phi) is 6.61. The number of halogens is 1. The first-order valence-electron chi connectivity index (χ1n) is 13.0. The quantitative estimate of drug-likeness (QED) is 0.371. The van der Waals surface area contributed by atoms with Gasteiger partial charge in [0.05, 0.1) is 46.8 Å². The van der Waals surface area contributed by atoms with Crippen molar-refractivity contribution < 1.29 is 5.11 Å². The molecule has 4 heterocycles. The van der Waals surface area contributed by atoms with Gasteiger partial charge in [-0.15, -0.1) is 0 Å².